The largest absolute Gasteiger partial charge is 0.445 e. The zero-order valence-electron chi connectivity index (χ0n) is 25.3. The van der Waals surface area contributed by atoms with Gasteiger partial charge in [0.05, 0.1) is 0 Å². The molecule has 0 radical (unpaired) electrons. The number of amides is 2. The minimum atomic E-state index is -0.350. The monoisotopic (exact) mass is 599 g/mol. The number of fused-ring (bicyclic) bond motifs is 1. The first-order valence-electron chi connectivity index (χ1n) is 15.6. The van der Waals surface area contributed by atoms with Gasteiger partial charge in [-0.05, 0) is 42.5 Å². The van der Waals surface area contributed by atoms with Crippen molar-refractivity contribution >= 4 is 28.9 Å². The Morgan fingerprint density at radius 2 is 1.73 bits per heavy atom. The lowest BCUT2D eigenvalue weighted by atomic mass is 9.96. The Bertz CT molecular complexity index is 1580. The molecule has 0 saturated carbocycles. The Morgan fingerprint density at radius 3 is 2.48 bits per heavy atom. The number of imidazole rings is 1. The number of aromatic nitrogens is 4. The Morgan fingerprint density at radius 1 is 0.977 bits per heavy atom. The number of carbonyl (C=O) groups excluding carboxylic acids is 2. The van der Waals surface area contributed by atoms with E-state index in [0.29, 0.717) is 55.0 Å². The van der Waals surface area contributed by atoms with Crippen molar-refractivity contribution in [3.8, 4) is 0 Å². The summed E-state index contributed by atoms with van der Waals surface area (Å²) in [5.41, 5.74) is 6.44. The smallest absolute Gasteiger partial charge is 0.410 e. The minimum Gasteiger partial charge on any atom is -0.445 e. The number of nitrogens with one attached hydrogen (secondary N) is 3. The molecule has 1 aliphatic rings. The number of rotatable bonds is 13. The van der Waals surface area contributed by atoms with E-state index in [4.69, 9.17) is 4.74 Å². The lowest BCUT2D eigenvalue weighted by molar-refractivity contribution is -0.121. The van der Waals surface area contributed by atoms with Gasteiger partial charge in [0.25, 0.3) is 5.56 Å². The van der Waals surface area contributed by atoms with Gasteiger partial charge in [0.15, 0.2) is 11.2 Å². The third kappa shape index (κ3) is 8.24. The van der Waals surface area contributed by atoms with Crippen molar-refractivity contribution in [2.45, 2.75) is 64.9 Å². The second-order valence-electron chi connectivity index (χ2n) is 11.3. The fraction of sp³-hybridized carbons (Fsp3) is 0.424. The molecule has 2 aromatic heterocycles. The summed E-state index contributed by atoms with van der Waals surface area (Å²) in [6.07, 6.45) is 8.72. The number of benzene rings is 2. The maximum Gasteiger partial charge on any atom is 0.410 e. The van der Waals surface area contributed by atoms with Crippen LogP contribution < -0.4 is 16.3 Å². The predicted octanol–water partition coefficient (Wildman–Crippen LogP) is 5.21. The first kappa shape index (κ1) is 30.8. The maximum absolute atomic E-state index is 12.9. The van der Waals surface area contributed by atoms with Crippen molar-refractivity contribution in [1.82, 2.24) is 24.5 Å². The predicted molar refractivity (Wildman–Crippen MR) is 170 cm³/mol. The molecule has 232 valence electrons. The van der Waals surface area contributed by atoms with Crippen LogP contribution in [0.15, 0.2) is 65.7 Å². The lowest BCUT2D eigenvalue weighted by Crippen LogP contribution is -2.41. The molecule has 1 fully saturated rings. The van der Waals surface area contributed by atoms with Crippen LogP contribution in [0.1, 0.15) is 68.8 Å². The molecule has 11 heteroatoms. The normalized spacial score (nSPS) is 13.6. The summed E-state index contributed by atoms with van der Waals surface area (Å²) >= 11 is 0. The number of H-pyrrole nitrogens is 1. The Balaban J connectivity index is 1.09. The highest BCUT2D eigenvalue weighted by molar-refractivity contribution is 5.92. The van der Waals surface area contributed by atoms with Crippen LogP contribution in [-0.4, -0.2) is 56.2 Å². The van der Waals surface area contributed by atoms with Gasteiger partial charge in [-0.3, -0.25) is 9.59 Å². The van der Waals surface area contributed by atoms with Crippen LogP contribution in [-0.2, 0) is 22.6 Å². The standard InChI is InChI=1S/C33H41N7O4/c1-2-3-4-5-9-18-35-40-23-34-29-30(40)37-28(38-32(29)42)21-24-12-14-27(15-13-24)36-31(41)26-16-19-39(20-17-26)33(43)44-22-25-10-7-6-8-11-25/h6-8,10-15,23,26,35H,2-5,9,16-22H2,1H3,(H,36,41)(H,37,38,42). The minimum absolute atomic E-state index is 0.0578. The third-order valence-electron chi connectivity index (χ3n) is 7.94. The molecule has 1 saturated heterocycles. The zero-order chi connectivity index (χ0) is 30.7. The quantitative estimate of drug-likeness (QED) is 0.180. The molecule has 0 atom stereocenters. The van der Waals surface area contributed by atoms with E-state index in [2.05, 4.69) is 32.6 Å². The van der Waals surface area contributed by atoms with Crippen LogP contribution in [0.25, 0.3) is 11.2 Å². The Labute approximate surface area is 257 Å². The number of anilines is 1. The fourth-order valence-electron chi connectivity index (χ4n) is 5.36. The van der Waals surface area contributed by atoms with Gasteiger partial charge in [0.2, 0.25) is 5.91 Å². The van der Waals surface area contributed by atoms with Crippen molar-refractivity contribution in [1.29, 1.82) is 0 Å². The van der Waals surface area contributed by atoms with E-state index in [0.717, 1.165) is 30.5 Å². The van der Waals surface area contributed by atoms with E-state index < -0.39 is 0 Å². The van der Waals surface area contributed by atoms with Crippen LogP contribution in [0.3, 0.4) is 0 Å². The zero-order valence-corrected chi connectivity index (χ0v) is 25.3. The van der Waals surface area contributed by atoms with Crippen LogP contribution in [0.4, 0.5) is 10.5 Å². The van der Waals surface area contributed by atoms with Crippen LogP contribution in [0.5, 0.6) is 0 Å². The molecule has 0 aliphatic carbocycles. The molecular weight excluding hydrogens is 558 g/mol. The number of hydrogen-bond donors (Lipinski definition) is 3. The summed E-state index contributed by atoms with van der Waals surface area (Å²) < 4.78 is 7.15. The van der Waals surface area contributed by atoms with Gasteiger partial charge in [-0.2, -0.15) is 0 Å². The first-order valence-corrected chi connectivity index (χ1v) is 15.6. The molecule has 0 unspecified atom stereocenters. The number of aromatic amines is 1. The first-order chi connectivity index (χ1) is 21.5. The molecule has 1 aliphatic heterocycles. The summed E-state index contributed by atoms with van der Waals surface area (Å²) in [6, 6.07) is 17.1. The summed E-state index contributed by atoms with van der Waals surface area (Å²) in [7, 11) is 0. The number of hydrogen-bond acceptors (Lipinski definition) is 7. The topological polar surface area (TPSA) is 134 Å². The second kappa shape index (κ2) is 15.2. The average Bonchev–Trinajstić information content (AvgIpc) is 3.46. The number of nitrogens with zero attached hydrogens (tertiary/aromatic N) is 4. The van der Waals surface area contributed by atoms with E-state index in [1.54, 1.807) is 15.9 Å². The van der Waals surface area contributed by atoms with E-state index in [9.17, 15) is 14.4 Å². The van der Waals surface area contributed by atoms with E-state index >= 15 is 0 Å². The van der Waals surface area contributed by atoms with E-state index in [1.807, 2.05) is 54.6 Å². The van der Waals surface area contributed by atoms with Crippen molar-refractivity contribution < 1.29 is 14.3 Å². The SMILES string of the molecule is CCCCCCCNn1cnc2c(=O)[nH]c(Cc3ccc(NC(=O)C4CCN(C(=O)OCc5ccccc5)CC4)cc3)nc21. The molecule has 11 nitrogen and oxygen atoms in total. The van der Waals surface area contributed by atoms with Gasteiger partial charge in [-0.15, -0.1) is 0 Å². The van der Waals surface area contributed by atoms with Crippen molar-refractivity contribution in [3.05, 3.63) is 88.2 Å². The lowest BCUT2D eigenvalue weighted by Gasteiger charge is -2.30. The van der Waals surface area contributed by atoms with E-state index in [-0.39, 0.29) is 30.1 Å². The fourth-order valence-corrected chi connectivity index (χ4v) is 5.36. The van der Waals surface area contributed by atoms with Crippen LogP contribution in [0, 0.1) is 5.92 Å². The number of ether oxygens (including phenoxy) is 1. The summed E-state index contributed by atoms with van der Waals surface area (Å²) in [4.78, 5) is 51.4. The number of carbonyl (C=O) groups is 2. The Kier molecular flexibility index (Phi) is 10.6. The summed E-state index contributed by atoms with van der Waals surface area (Å²) in [5.74, 6) is 0.307. The molecule has 3 N–H and O–H groups in total. The van der Waals surface area contributed by atoms with Crippen molar-refractivity contribution in [3.63, 3.8) is 0 Å². The van der Waals surface area contributed by atoms with Gasteiger partial charge in [0.1, 0.15) is 18.8 Å². The van der Waals surface area contributed by atoms with Crippen LogP contribution >= 0.6 is 0 Å². The molecule has 4 aromatic rings. The van der Waals surface area contributed by atoms with Crippen LogP contribution in [0.2, 0.25) is 0 Å². The highest BCUT2D eigenvalue weighted by Crippen LogP contribution is 2.21. The van der Waals surface area contributed by atoms with Gasteiger partial charge in [-0.25, -0.2) is 19.4 Å². The molecule has 44 heavy (non-hydrogen) atoms. The summed E-state index contributed by atoms with van der Waals surface area (Å²) in [6.45, 7) is 4.18. The molecule has 3 heterocycles. The van der Waals surface area contributed by atoms with Crippen molar-refractivity contribution in [2.24, 2.45) is 5.92 Å². The highest BCUT2D eigenvalue weighted by atomic mass is 16.6. The average molecular weight is 600 g/mol. The molecule has 5 rings (SSSR count). The summed E-state index contributed by atoms with van der Waals surface area (Å²) in [5, 5.41) is 3.00. The third-order valence-corrected chi connectivity index (χ3v) is 7.94. The molecule has 0 spiro atoms. The van der Waals surface area contributed by atoms with Gasteiger partial charge >= 0.3 is 6.09 Å². The van der Waals surface area contributed by atoms with E-state index in [1.165, 1.54) is 19.3 Å². The number of piperidine rings is 1. The maximum atomic E-state index is 12.9. The Hall–Kier alpha value is -4.67. The van der Waals surface area contributed by atoms with Crippen molar-refractivity contribution in [2.75, 3.05) is 30.4 Å². The van der Waals surface area contributed by atoms with Gasteiger partial charge < -0.3 is 25.4 Å². The molecule has 2 amide bonds. The molecule has 0 bridgehead atoms. The second-order valence-corrected chi connectivity index (χ2v) is 11.3. The highest BCUT2D eigenvalue weighted by Gasteiger charge is 2.28. The number of unbranched alkanes of at least 4 members (excludes halogenated alkanes) is 4. The molecular formula is C33H41N7O4. The van der Waals surface area contributed by atoms with Gasteiger partial charge in [0, 0.05) is 37.7 Å². The molecule has 2 aromatic carbocycles. The van der Waals surface area contributed by atoms with Gasteiger partial charge in [-0.1, -0.05) is 75.1 Å². The number of likely N-dealkylation sites (tertiary alicyclic amines) is 1.